The van der Waals surface area contributed by atoms with Gasteiger partial charge in [-0.1, -0.05) is 18.5 Å². The number of rotatable bonds is 5. The van der Waals surface area contributed by atoms with Crippen LogP contribution in [0.2, 0.25) is 0 Å². The molecule has 0 spiro atoms. The normalized spacial score (nSPS) is 16.3. The van der Waals surface area contributed by atoms with E-state index in [9.17, 15) is 14.7 Å². The van der Waals surface area contributed by atoms with E-state index >= 15 is 0 Å². The van der Waals surface area contributed by atoms with E-state index in [0.717, 1.165) is 6.42 Å². The molecule has 2 amide bonds. The van der Waals surface area contributed by atoms with Crippen LogP contribution >= 0.6 is 0 Å². The average molecular weight is 297 g/mol. The lowest BCUT2D eigenvalue weighted by atomic mass is 9.97. The third-order valence-corrected chi connectivity index (χ3v) is 2.97. The Balaban J connectivity index is 3.04. The quantitative estimate of drug-likeness (QED) is 0.616. The van der Waals surface area contributed by atoms with Crippen LogP contribution in [0.25, 0.3) is 0 Å². The molecule has 21 heavy (non-hydrogen) atoms. The molecule has 0 aromatic heterocycles. The SMILES string of the molecule is CCCC(=NOCC)C1=C(O)CN(C(=O)N(C)C)CC1=O. The third-order valence-electron chi connectivity index (χ3n) is 2.97. The second-order valence-corrected chi connectivity index (χ2v) is 4.98. The maximum Gasteiger partial charge on any atom is 0.320 e. The molecule has 118 valence electrons. The maximum atomic E-state index is 12.3. The molecule has 0 aliphatic carbocycles. The Bertz CT molecular complexity index is 469. The number of aliphatic hydroxyl groups is 1. The molecule has 7 heteroatoms. The summed E-state index contributed by atoms with van der Waals surface area (Å²) in [5, 5.41) is 14.1. The van der Waals surface area contributed by atoms with Gasteiger partial charge in [-0.15, -0.1) is 0 Å². The highest BCUT2D eigenvalue weighted by Gasteiger charge is 2.32. The van der Waals surface area contributed by atoms with Crippen molar-refractivity contribution < 1.29 is 19.5 Å². The van der Waals surface area contributed by atoms with Crippen LogP contribution in [-0.4, -0.2) is 66.2 Å². The summed E-state index contributed by atoms with van der Waals surface area (Å²) in [5.74, 6) is -0.450. The summed E-state index contributed by atoms with van der Waals surface area (Å²) in [6.07, 6.45) is 1.31. The first-order chi connectivity index (χ1) is 9.92. The van der Waals surface area contributed by atoms with Gasteiger partial charge in [0.25, 0.3) is 0 Å². The minimum Gasteiger partial charge on any atom is -0.510 e. The van der Waals surface area contributed by atoms with Gasteiger partial charge >= 0.3 is 6.03 Å². The van der Waals surface area contributed by atoms with Crippen molar-refractivity contribution in [3.63, 3.8) is 0 Å². The smallest absolute Gasteiger partial charge is 0.320 e. The number of oxime groups is 1. The van der Waals surface area contributed by atoms with Crippen LogP contribution in [0.4, 0.5) is 4.79 Å². The van der Waals surface area contributed by atoms with Gasteiger partial charge in [0.1, 0.15) is 12.4 Å². The lowest BCUT2D eigenvalue weighted by Crippen LogP contribution is -2.47. The average Bonchev–Trinajstić information content (AvgIpc) is 2.42. The van der Waals surface area contributed by atoms with Gasteiger partial charge in [-0.05, 0) is 13.3 Å². The van der Waals surface area contributed by atoms with E-state index in [0.29, 0.717) is 18.7 Å². The summed E-state index contributed by atoms with van der Waals surface area (Å²) in [6.45, 7) is 4.08. The molecule has 0 aromatic rings. The first kappa shape index (κ1) is 17.0. The standard InChI is InChI=1S/C14H23N3O4/c1-5-7-10(15-21-6-2)13-11(18)8-17(9-12(13)19)14(20)16(3)4/h18H,5-9H2,1-4H3. The van der Waals surface area contributed by atoms with Crippen LogP contribution in [0.15, 0.2) is 16.5 Å². The van der Waals surface area contributed by atoms with Crippen molar-refractivity contribution in [1.82, 2.24) is 9.80 Å². The van der Waals surface area contributed by atoms with E-state index in [-0.39, 0.29) is 36.2 Å². The second kappa shape index (κ2) is 7.66. The zero-order valence-corrected chi connectivity index (χ0v) is 13.0. The van der Waals surface area contributed by atoms with Crippen molar-refractivity contribution in [3.8, 4) is 0 Å². The van der Waals surface area contributed by atoms with E-state index in [1.807, 2.05) is 6.92 Å². The molecule has 0 aromatic carbocycles. The fraction of sp³-hybridized carbons (Fsp3) is 0.643. The van der Waals surface area contributed by atoms with Gasteiger partial charge in [-0.25, -0.2) is 4.79 Å². The molecule has 1 aliphatic heterocycles. The summed E-state index contributed by atoms with van der Waals surface area (Å²) in [6, 6.07) is -0.312. The Morgan fingerprint density at radius 1 is 1.38 bits per heavy atom. The second-order valence-electron chi connectivity index (χ2n) is 4.98. The topological polar surface area (TPSA) is 82.4 Å². The first-order valence-corrected chi connectivity index (χ1v) is 7.03. The molecule has 0 fully saturated rings. The van der Waals surface area contributed by atoms with Crippen molar-refractivity contribution in [2.24, 2.45) is 5.16 Å². The van der Waals surface area contributed by atoms with Gasteiger partial charge in [-0.3, -0.25) is 4.79 Å². The van der Waals surface area contributed by atoms with Gasteiger partial charge in [0.2, 0.25) is 0 Å². The molecule has 0 saturated heterocycles. The molecule has 0 atom stereocenters. The van der Waals surface area contributed by atoms with Crippen molar-refractivity contribution in [2.45, 2.75) is 26.7 Å². The number of urea groups is 1. The number of aliphatic hydroxyl groups excluding tert-OH is 1. The number of ketones is 1. The monoisotopic (exact) mass is 297 g/mol. The molecule has 7 nitrogen and oxygen atoms in total. The molecule has 0 bridgehead atoms. The molecule has 1 aliphatic rings. The van der Waals surface area contributed by atoms with E-state index in [1.165, 1.54) is 9.80 Å². The van der Waals surface area contributed by atoms with Gasteiger partial charge in [-0.2, -0.15) is 0 Å². The van der Waals surface area contributed by atoms with Crippen molar-refractivity contribution in [3.05, 3.63) is 11.3 Å². The maximum absolute atomic E-state index is 12.3. The zero-order valence-electron chi connectivity index (χ0n) is 13.0. The number of carbonyl (C=O) groups excluding carboxylic acids is 2. The van der Waals surface area contributed by atoms with E-state index < -0.39 is 0 Å². The molecular weight excluding hydrogens is 274 g/mol. The highest BCUT2D eigenvalue weighted by molar-refractivity contribution is 6.24. The number of hydrogen-bond donors (Lipinski definition) is 1. The van der Waals surface area contributed by atoms with Crippen molar-refractivity contribution in [1.29, 1.82) is 0 Å². The minimum absolute atomic E-state index is 0.00689. The summed E-state index contributed by atoms with van der Waals surface area (Å²) in [4.78, 5) is 31.8. The number of nitrogens with zero attached hydrogens (tertiary/aromatic N) is 3. The molecule has 0 radical (unpaired) electrons. The zero-order chi connectivity index (χ0) is 16.0. The summed E-state index contributed by atoms with van der Waals surface area (Å²) < 4.78 is 0. The van der Waals surface area contributed by atoms with Crippen LogP contribution < -0.4 is 0 Å². The predicted molar refractivity (Wildman–Crippen MR) is 79.3 cm³/mol. The molecule has 0 saturated carbocycles. The number of hydrogen-bond acceptors (Lipinski definition) is 5. The Morgan fingerprint density at radius 2 is 2.05 bits per heavy atom. The fourth-order valence-electron chi connectivity index (χ4n) is 2.07. The molecule has 1 rings (SSSR count). The number of amides is 2. The fourth-order valence-corrected chi connectivity index (χ4v) is 2.07. The molecule has 0 unspecified atom stereocenters. The van der Waals surface area contributed by atoms with E-state index in [1.54, 1.807) is 21.0 Å². The van der Waals surface area contributed by atoms with Crippen LogP contribution in [0.5, 0.6) is 0 Å². The third kappa shape index (κ3) is 4.21. The molecule has 1 heterocycles. The molecular formula is C14H23N3O4. The lowest BCUT2D eigenvalue weighted by molar-refractivity contribution is -0.116. The summed E-state index contributed by atoms with van der Waals surface area (Å²) >= 11 is 0. The Labute approximate surface area is 124 Å². The van der Waals surface area contributed by atoms with Crippen LogP contribution in [0, 0.1) is 0 Å². The van der Waals surface area contributed by atoms with E-state index in [4.69, 9.17) is 4.84 Å². The van der Waals surface area contributed by atoms with Crippen molar-refractivity contribution in [2.75, 3.05) is 33.8 Å². The van der Waals surface area contributed by atoms with Crippen LogP contribution in [0.1, 0.15) is 26.7 Å². The van der Waals surface area contributed by atoms with E-state index in [2.05, 4.69) is 5.16 Å². The Hall–Kier alpha value is -2.05. The highest BCUT2D eigenvalue weighted by atomic mass is 16.6. The highest BCUT2D eigenvalue weighted by Crippen LogP contribution is 2.18. The van der Waals surface area contributed by atoms with Crippen molar-refractivity contribution >= 4 is 17.5 Å². The largest absolute Gasteiger partial charge is 0.510 e. The summed E-state index contributed by atoms with van der Waals surface area (Å²) in [7, 11) is 3.20. The predicted octanol–water partition coefficient (Wildman–Crippen LogP) is 1.56. The van der Waals surface area contributed by atoms with Gasteiger partial charge in [0, 0.05) is 14.1 Å². The number of carbonyl (C=O) groups is 2. The van der Waals surface area contributed by atoms with Gasteiger partial charge < -0.3 is 19.7 Å². The number of Topliss-reactive ketones (excluding diaryl/α,β-unsaturated/α-hetero) is 1. The Kier molecular flexibility index (Phi) is 6.20. The van der Waals surface area contributed by atoms with Gasteiger partial charge in [0.15, 0.2) is 5.78 Å². The Morgan fingerprint density at radius 3 is 2.52 bits per heavy atom. The lowest BCUT2D eigenvalue weighted by Gasteiger charge is -2.29. The van der Waals surface area contributed by atoms with Crippen LogP contribution in [0.3, 0.4) is 0 Å². The first-order valence-electron chi connectivity index (χ1n) is 7.03. The molecule has 1 N–H and O–H groups in total. The van der Waals surface area contributed by atoms with Crippen LogP contribution in [-0.2, 0) is 9.63 Å². The van der Waals surface area contributed by atoms with Gasteiger partial charge in [0.05, 0.1) is 24.4 Å². The minimum atomic E-state index is -0.319. The summed E-state index contributed by atoms with van der Waals surface area (Å²) in [5.41, 5.74) is 0.631.